The third kappa shape index (κ3) is 13.2. The van der Waals surface area contributed by atoms with E-state index in [4.69, 9.17) is 5.73 Å². The second kappa shape index (κ2) is 18.5. The first kappa shape index (κ1) is 37.7. The molecule has 0 bridgehead atoms. The van der Waals surface area contributed by atoms with Crippen LogP contribution < -0.4 is 32.3 Å². The van der Waals surface area contributed by atoms with Crippen LogP contribution in [0, 0.1) is 5.41 Å². The Hall–Kier alpha value is -4.77. The number of carbonyl (C=O) groups is 4. The van der Waals surface area contributed by atoms with Gasteiger partial charge in [0, 0.05) is 42.8 Å². The highest BCUT2D eigenvalue weighted by atomic mass is 16.2. The van der Waals surface area contributed by atoms with Crippen LogP contribution in [-0.2, 0) is 27.3 Å². The number of nitrogen functional groups attached to an aromatic ring is 1. The molecule has 11 heteroatoms. The SMILES string of the molecule is CCC[C@H](NC(=O)[C@H](CC(C)(C)C)NC(=O)c1ccncc1)C(=O)NC(CN[C@@H](C)C(=O)NCc1ccc(N)cc1)Cc1ccccc1. The molecule has 0 aliphatic rings. The Labute approximate surface area is 284 Å². The average Bonchev–Trinajstić information content (AvgIpc) is 3.06. The second-order valence-electron chi connectivity index (χ2n) is 13.4. The van der Waals surface area contributed by atoms with Gasteiger partial charge in [-0.2, -0.15) is 0 Å². The van der Waals surface area contributed by atoms with E-state index in [1.165, 1.54) is 12.4 Å². The number of benzene rings is 2. The minimum Gasteiger partial charge on any atom is -0.399 e. The molecule has 1 heterocycles. The Bertz CT molecular complexity index is 1460. The summed E-state index contributed by atoms with van der Waals surface area (Å²) in [6.45, 7) is 10.4. The molecule has 0 saturated heterocycles. The van der Waals surface area contributed by atoms with Crippen LogP contribution in [0.15, 0.2) is 79.1 Å². The van der Waals surface area contributed by atoms with Crippen LogP contribution in [0.2, 0.25) is 0 Å². The van der Waals surface area contributed by atoms with Crippen LogP contribution in [-0.4, -0.2) is 59.3 Å². The summed E-state index contributed by atoms with van der Waals surface area (Å²) in [6.07, 6.45) is 4.98. The summed E-state index contributed by atoms with van der Waals surface area (Å²) < 4.78 is 0. The number of aromatic nitrogens is 1. The third-order valence-corrected chi connectivity index (χ3v) is 7.77. The number of rotatable bonds is 17. The van der Waals surface area contributed by atoms with Crippen LogP contribution in [0.5, 0.6) is 0 Å². The summed E-state index contributed by atoms with van der Waals surface area (Å²) in [7, 11) is 0. The lowest BCUT2D eigenvalue weighted by atomic mass is 9.87. The summed E-state index contributed by atoms with van der Waals surface area (Å²) in [5.41, 5.74) is 8.48. The number of pyridine rings is 1. The zero-order valence-corrected chi connectivity index (χ0v) is 28.7. The highest BCUT2D eigenvalue weighted by molar-refractivity contribution is 5.98. The summed E-state index contributed by atoms with van der Waals surface area (Å²) in [5.74, 6) is -1.32. The van der Waals surface area contributed by atoms with E-state index in [9.17, 15) is 19.2 Å². The topological polar surface area (TPSA) is 167 Å². The highest BCUT2D eigenvalue weighted by Crippen LogP contribution is 2.21. The zero-order chi connectivity index (χ0) is 35.1. The van der Waals surface area contributed by atoms with Gasteiger partial charge in [0.1, 0.15) is 12.1 Å². The maximum absolute atomic E-state index is 13.7. The van der Waals surface area contributed by atoms with E-state index in [1.54, 1.807) is 31.2 Å². The summed E-state index contributed by atoms with van der Waals surface area (Å²) in [5, 5.41) is 15.1. The van der Waals surface area contributed by atoms with Crippen molar-refractivity contribution < 1.29 is 19.2 Å². The van der Waals surface area contributed by atoms with Gasteiger partial charge >= 0.3 is 0 Å². The first-order valence-corrected chi connectivity index (χ1v) is 16.6. The van der Waals surface area contributed by atoms with E-state index in [2.05, 4.69) is 31.6 Å². The maximum atomic E-state index is 13.7. The molecule has 0 saturated carbocycles. The van der Waals surface area contributed by atoms with Gasteiger partial charge in [-0.1, -0.05) is 76.6 Å². The molecular formula is C37H51N7O4. The van der Waals surface area contributed by atoms with Crippen molar-refractivity contribution in [2.45, 2.75) is 91.0 Å². The molecule has 11 nitrogen and oxygen atoms in total. The molecule has 48 heavy (non-hydrogen) atoms. The molecule has 0 aliphatic carbocycles. The number of anilines is 1. The van der Waals surface area contributed by atoms with Crippen molar-refractivity contribution in [2.24, 2.45) is 5.41 Å². The van der Waals surface area contributed by atoms with Gasteiger partial charge in [-0.15, -0.1) is 0 Å². The van der Waals surface area contributed by atoms with E-state index in [1.807, 2.05) is 70.2 Å². The lowest BCUT2D eigenvalue weighted by Crippen LogP contribution is -2.57. The Morgan fingerprint density at radius 1 is 0.792 bits per heavy atom. The number of hydrogen-bond donors (Lipinski definition) is 6. The molecule has 1 aromatic heterocycles. The van der Waals surface area contributed by atoms with Crippen molar-refractivity contribution in [1.29, 1.82) is 0 Å². The van der Waals surface area contributed by atoms with Crippen LogP contribution in [0.25, 0.3) is 0 Å². The summed E-state index contributed by atoms with van der Waals surface area (Å²) in [4.78, 5) is 57.2. The van der Waals surface area contributed by atoms with Gasteiger partial charge in [0.05, 0.1) is 6.04 Å². The third-order valence-electron chi connectivity index (χ3n) is 7.77. The van der Waals surface area contributed by atoms with Crippen molar-refractivity contribution in [3.63, 3.8) is 0 Å². The molecule has 258 valence electrons. The fraction of sp³-hybridized carbons (Fsp3) is 0.432. The molecule has 3 aromatic rings. The van der Waals surface area contributed by atoms with Gasteiger partial charge in [0.15, 0.2) is 0 Å². The normalized spacial score (nSPS) is 13.8. The van der Waals surface area contributed by atoms with Crippen LogP contribution in [0.3, 0.4) is 0 Å². The zero-order valence-electron chi connectivity index (χ0n) is 28.7. The maximum Gasteiger partial charge on any atom is 0.252 e. The number of carbonyl (C=O) groups excluding carboxylic acids is 4. The van der Waals surface area contributed by atoms with E-state index in [0.717, 1.165) is 11.1 Å². The van der Waals surface area contributed by atoms with Gasteiger partial charge in [-0.05, 0) is 67.0 Å². The number of nitrogens with two attached hydrogens (primary N) is 1. The van der Waals surface area contributed by atoms with Crippen LogP contribution >= 0.6 is 0 Å². The number of nitrogens with one attached hydrogen (secondary N) is 5. The number of nitrogens with zero attached hydrogens (tertiary/aromatic N) is 1. The van der Waals surface area contributed by atoms with Gasteiger partial charge in [-0.3, -0.25) is 24.2 Å². The fourth-order valence-electron chi connectivity index (χ4n) is 5.16. The van der Waals surface area contributed by atoms with Gasteiger partial charge < -0.3 is 32.3 Å². The molecule has 0 radical (unpaired) electrons. The van der Waals surface area contributed by atoms with Gasteiger partial charge in [0.25, 0.3) is 5.91 Å². The minimum atomic E-state index is -0.854. The van der Waals surface area contributed by atoms with Gasteiger partial charge in [0.2, 0.25) is 17.7 Å². The molecular weight excluding hydrogens is 606 g/mol. The van der Waals surface area contributed by atoms with E-state index < -0.39 is 24.0 Å². The number of hydrogen-bond acceptors (Lipinski definition) is 7. The summed E-state index contributed by atoms with van der Waals surface area (Å²) in [6, 6.07) is 17.7. The Morgan fingerprint density at radius 2 is 1.44 bits per heavy atom. The molecule has 4 amide bonds. The van der Waals surface area contributed by atoms with Crippen LogP contribution in [0.4, 0.5) is 5.69 Å². The quantitative estimate of drug-likeness (QED) is 0.121. The van der Waals surface area contributed by atoms with Crippen molar-refractivity contribution in [1.82, 2.24) is 31.6 Å². The van der Waals surface area contributed by atoms with Crippen molar-refractivity contribution in [3.05, 3.63) is 95.8 Å². The fourth-order valence-corrected chi connectivity index (χ4v) is 5.16. The lowest BCUT2D eigenvalue weighted by molar-refractivity contribution is -0.130. The van der Waals surface area contributed by atoms with E-state index in [-0.39, 0.29) is 29.2 Å². The summed E-state index contributed by atoms with van der Waals surface area (Å²) >= 11 is 0. The lowest BCUT2D eigenvalue weighted by Gasteiger charge is -2.29. The molecule has 1 unspecified atom stereocenters. The number of amides is 4. The molecule has 2 aromatic carbocycles. The first-order valence-electron chi connectivity index (χ1n) is 16.6. The highest BCUT2D eigenvalue weighted by Gasteiger charge is 2.31. The first-order chi connectivity index (χ1) is 22.8. The predicted octanol–water partition coefficient (Wildman–Crippen LogP) is 3.51. The molecule has 0 spiro atoms. The van der Waals surface area contributed by atoms with Crippen molar-refractivity contribution in [2.75, 3.05) is 12.3 Å². The monoisotopic (exact) mass is 657 g/mol. The van der Waals surface area contributed by atoms with Crippen molar-refractivity contribution in [3.8, 4) is 0 Å². The Morgan fingerprint density at radius 3 is 2.06 bits per heavy atom. The second-order valence-corrected chi connectivity index (χ2v) is 13.4. The van der Waals surface area contributed by atoms with E-state index in [0.29, 0.717) is 50.0 Å². The van der Waals surface area contributed by atoms with Crippen LogP contribution in [0.1, 0.15) is 75.4 Å². The Kier molecular flexibility index (Phi) is 14.6. The smallest absolute Gasteiger partial charge is 0.252 e. The Balaban J connectivity index is 1.68. The standard InChI is InChI=1S/C37H51N7O4/c1-6-10-31(43-36(48)32(22-37(3,4)5)44-34(46)28-17-19-39-20-18-28)35(47)42-30(21-26-11-8-7-9-12-26)24-40-25(2)33(45)41-23-27-13-15-29(38)16-14-27/h7-9,11-20,25,30-32,40H,6,10,21-24,38H2,1-5H3,(H,41,45)(H,42,47)(H,43,48)(H,44,46)/t25-,30?,31-,32-/m0/s1. The molecule has 0 aliphatic heterocycles. The molecule has 3 rings (SSSR count). The minimum absolute atomic E-state index is 0.175. The average molecular weight is 658 g/mol. The molecule has 7 N–H and O–H groups in total. The van der Waals surface area contributed by atoms with Gasteiger partial charge in [-0.25, -0.2) is 0 Å². The molecule has 4 atom stereocenters. The largest absolute Gasteiger partial charge is 0.399 e. The van der Waals surface area contributed by atoms with Crippen molar-refractivity contribution >= 4 is 29.3 Å². The predicted molar refractivity (Wildman–Crippen MR) is 189 cm³/mol. The molecule has 0 fully saturated rings. The van der Waals surface area contributed by atoms with E-state index >= 15 is 0 Å².